The lowest BCUT2D eigenvalue weighted by molar-refractivity contribution is -0.384. The number of benzene rings is 4. The molecule has 140 valence electrons. The standard InChI is InChI=1S/C24H15BrN2O2/c25-16-13-14-19(23(15-16)27(28)29)21-11-6-10-20-18-9-4-5-12-22(18)26(24(20)21)17-7-2-1-3-8-17/h1-15H. The molecule has 0 unspecified atom stereocenters. The van der Waals surface area contributed by atoms with Gasteiger partial charge < -0.3 is 4.57 Å². The Morgan fingerprint density at radius 2 is 1.48 bits per heavy atom. The number of aromatic nitrogens is 1. The molecule has 0 atom stereocenters. The first kappa shape index (κ1) is 17.6. The van der Waals surface area contributed by atoms with E-state index in [-0.39, 0.29) is 10.6 Å². The highest BCUT2D eigenvalue weighted by atomic mass is 79.9. The second-order valence-corrected chi connectivity index (χ2v) is 7.72. The molecule has 0 N–H and O–H groups in total. The molecule has 29 heavy (non-hydrogen) atoms. The van der Waals surface area contributed by atoms with Gasteiger partial charge in [0.15, 0.2) is 0 Å². The highest BCUT2D eigenvalue weighted by molar-refractivity contribution is 9.10. The van der Waals surface area contributed by atoms with E-state index in [1.54, 1.807) is 6.07 Å². The lowest BCUT2D eigenvalue weighted by atomic mass is 10.0. The fourth-order valence-corrected chi connectivity index (χ4v) is 4.31. The molecular formula is C24H15BrN2O2. The quantitative estimate of drug-likeness (QED) is 0.220. The molecule has 0 spiro atoms. The number of nitro groups is 1. The minimum atomic E-state index is -0.325. The van der Waals surface area contributed by atoms with Gasteiger partial charge in [-0.1, -0.05) is 70.5 Å². The van der Waals surface area contributed by atoms with Crippen molar-refractivity contribution in [3.05, 3.63) is 106 Å². The first-order valence-electron chi connectivity index (χ1n) is 9.17. The normalized spacial score (nSPS) is 11.2. The van der Waals surface area contributed by atoms with E-state index in [0.717, 1.165) is 33.1 Å². The van der Waals surface area contributed by atoms with Crippen LogP contribution in [0.25, 0.3) is 38.6 Å². The van der Waals surface area contributed by atoms with Gasteiger partial charge in [0.25, 0.3) is 5.69 Å². The van der Waals surface area contributed by atoms with Gasteiger partial charge in [-0.05, 0) is 30.3 Å². The summed E-state index contributed by atoms with van der Waals surface area (Å²) in [6.45, 7) is 0. The van der Waals surface area contributed by atoms with Crippen LogP contribution in [0.15, 0.2) is 95.5 Å². The third-order valence-corrected chi connectivity index (χ3v) is 5.65. The van der Waals surface area contributed by atoms with Crippen LogP contribution in [0.3, 0.4) is 0 Å². The minimum Gasteiger partial charge on any atom is -0.309 e. The summed E-state index contributed by atoms with van der Waals surface area (Å²) in [6, 6.07) is 29.5. The molecule has 0 saturated carbocycles. The highest BCUT2D eigenvalue weighted by Gasteiger charge is 2.21. The van der Waals surface area contributed by atoms with E-state index in [2.05, 4.69) is 50.8 Å². The van der Waals surface area contributed by atoms with Crippen molar-refractivity contribution in [1.82, 2.24) is 4.57 Å². The zero-order valence-electron chi connectivity index (χ0n) is 15.2. The molecule has 5 aromatic rings. The van der Waals surface area contributed by atoms with Gasteiger partial charge in [0.1, 0.15) is 0 Å². The number of halogens is 1. The van der Waals surface area contributed by atoms with Crippen LogP contribution in [0.5, 0.6) is 0 Å². The highest BCUT2D eigenvalue weighted by Crippen LogP contribution is 2.41. The van der Waals surface area contributed by atoms with E-state index >= 15 is 0 Å². The molecule has 0 aliphatic heterocycles. The Bertz CT molecular complexity index is 1390. The van der Waals surface area contributed by atoms with Crippen LogP contribution in [0.1, 0.15) is 0 Å². The van der Waals surface area contributed by atoms with Crippen molar-refractivity contribution in [1.29, 1.82) is 0 Å². The van der Waals surface area contributed by atoms with Crippen molar-refractivity contribution >= 4 is 43.4 Å². The maximum absolute atomic E-state index is 11.8. The third-order valence-electron chi connectivity index (χ3n) is 5.16. The number of hydrogen-bond acceptors (Lipinski definition) is 2. The van der Waals surface area contributed by atoms with Gasteiger partial charge in [0.05, 0.1) is 21.5 Å². The summed E-state index contributed by atoms with van der Waals surface area (Å²) in [6.07, 6.45) is 0. The minimum absolute atomic E-state index is 0.0803. The van der Waals surface area contributed by atoms with Crippen LogP contribution in [0.4, 0.5) is 5.69 Å². The van der Waals surface area contributed by atoms with Crippen molar-refractivity contribution in [3.63, 3.8) is 0 Å². The molecule has 1 heterocycles. The summed E-state index contributed by atoms with van der Waals surface area (Å²) in [7, 11) is 0. The molecule has 0 amide bonds. The predicted octanol–water partition coefficient (Wildman–Crippen LogP) is 7.12. The van der Waals surface area contributed by atoms with Crippen molar-refractivity contribution in [2.45, 2.75) is 0 Å². The SMILES string of the molecule is O=[N+]([O-])c1cc(Br)ccc1-c1cccc2c3ccccc3n(-c3ccccc3)c12. The van der Waals surface area contributed by atoms with Gasteiger partial charge in [-0.15, -0.1) is 0 Å². The van der Waals surface area contributed by atoms with Crippen LogP contribution >= 0.6 is 15.9 Å². The Labute approximate surface area is 175 Å². The summed E-state index contributed by atoms with van der Waals surface area (Å²) in [5.41, 5.74) is 4.57. The molecule has 5 heteroatoms. The Morgan fingerprint density at radius 1 is 0.759 bits per heavy atom. The lowest BCUT2D eigenvalue weighted by Crippen LogP contribution is -1.97. The zero-order valence-corrected chi connectivity index (χ0v) is 16.8. The Balaban J connectivity index is 1.97. The summed E-state index contributed by atoms with van der Waals surface area (Å²) >= 11 is 3.36. The molecule has 4 aromatic carbocycles. The van der Waals surface area contributed by atoms with E-state index in [9.17, 15) is 10.1 Å². The number of fused-ring (bicyclic) bond motifs is 3. The van der Waals surface area contributed by atoms with Gasteiger partial charge in [-0.2, -0.15) is 0 Å². The Kier molecular flexibility index (Phi) is 4.18. The van der Waals surface area contributed by atoms with E-state index < -0.39 is 0 Å². The van der Waals surface area contributed by atoms with Gasteiger partial charge in [-0.25, -0.2) is 0 Å². The summed E-state index contributed by atoms with van der Waals surface area (Å²) in [5.74, 6) is 0. The molecule has 1 aromatic heterocycles. The maximum Gasteiger partial charge on any atom is 0.278 e. The fourth-order valence-electron chi connectivity index (χ4n) is 3.96. The number of rotatable bonds is 3. The first-order valence-corrected chi connectivity index (χ1v) is 9.96. The van der Waals surface area contributed by atoms with Crippen LogP contribution in [0, 0.1) is 10.1 Å². The molecule has 0 bridgehead atoms. The van der Waals surface area contributed by atoms with Gasteiger partial charge in [0.2, 0.25) is 0 Å². The molecule has 0 radical (unpaired) electrons. The molecule has 5 rings (SSSR count). The first-order chi connectivity index (χ1) is 14.1. The topological polar surface area (TPSA) is 48.1 Å². The smallest absolute Gasteiger partial charge is 0.278 e. The molecule has 4 nitrogen and oxygen atoms in total. The van der Waals surface area contributed by atoms with Gasteiger partial charge in [0, 0.05) is 32.6 Å². The molecule has 0 saturated heterocycles. The predicted molar refractivity (Wildman–Crippen MR) is 121 cm³/mol. The van der Waals surface area contributed by atoms with Crippen LogP contribution in [-0.2, 0) is 0 Å². The van der Waals surface area contributed by atoms with E-state index in [4.69, 9.17) is 0 Å². The van der Waals surface area contributed by atoms with E-state index in [0.29, 0.717) is 10.0 Å². The maximum atomic E-state index is 11.8. The molecule has 0 aliphatic rings. The van der Waals surface area contributed by atoms with E-state index in [1.165, 1.54) is 0 Å². The van der Waals surface area contributed by atoms with E-state index in [1.807, 2.05) is 54.6 Å². The van der Waals surface area contributed by atoms with Gasteiger partial charge in [-0.3, -0.25) is 10.1 Å². The average molecular weight is 443 g/mol. The van der Waals surface area contributed by atoms with Crippen LogP contribution in [0.2, 0.25) is 0 Å². The summed E-state index contributed by atoms with van der Waals surface area (Å²) in [4.78, 5) is 11.5. The monoisotopic (exact) mass is 442 g/mol. The third kappa shape index (κ3) is 2.82. The second-order valence-electron chi connectivity index (χ2n) is 6.81. The number of para-hydroxylation sites is 3. The number of nitrogens with zero attached hydrogens (tertiary/aromatic N) is 2. The Hall–Kier alpha value is -3.44. The van der Waals surface area contributed by atoms with Crippen molar-refractivity contribution in [3.8, 4) is 16.8 Å². The Morgan fingerprint density at radius 3 is 2.28 bits per heavy atom. The van der Waals surface area contributed by atoms with Gasteiger partial charge >= 0.3 is 0 Å². The zero-order chi connectivity index (χ0) is 20.0. The van der Waals surface area contributed by atoms with Crippen molar-refractivity contribution in [2.75, 3.05) is 0 Å². The van der Waals surface area contributed by atoms with Crippen molar-refractivity contribution in [2.24, 2.45) is 0 Å². The molecular weight excluding hydrogens is 428 g/mol. The molecule has 0 aliphatic carbocycles. The summed E-state index contributed by atoms with van der Waals surface area (Å²) in [5, 5.41) is 14.0. The summed E-state index contributed by atoms with van der Waals surface area (Å²) < 4.78 is 2.87. The largest absolute Gasteiger partial charge is 0.309 e. The average Bonchev–Trinajstić information content (AvgIpc) is 3.09. The lowest BCUT2D eigenvalue weighted by Gasteiger charge is -2.12. The second kappa shape index (κ2) is 6.87. The van der Waals surface area contributed by atoms with Crippen molar-refractivity contribution < 1.29 is 4.92 Å². The molecule has 0 fully saturated rings. The number of hydrogen-bond donors (Lipinski definition) is 0. The number of nitro benzene ring substituents is 1. The van der Waals surface area contributed by atoms with Crippen LogP contribution < -0.4 is 0 Å². The fraction of sp³-hybridized carbons (Fsp3) is 0. The van der Waals surface area contributed by atoms with Crippen LogP contribution in [-0.4, -0.2) is 9.49 Å².